The first-order valence-electron chi connectivity index (χ1n) is 28.0. The number of likely N-dealkylation sites (tertiary alicyclic amines) is 3. The number of benzene rings is 1. The van der Waals surface area contributed by atoms with Gasteiger partial charge in [-0.15, -0.1) is 0 Å². The number of halogens is 2. The molecule has 10 unspecified atom stereocenters. The minimum atomic E-state index is -0.387. The normalized spacial score (nSPS) is 25.5. The van der Waals surface area contributed by atoms with Gasteiger partial charge >= 0.3 is 47.8 Å². The van der Waals surface area contributed by atoms with E-state index in [-0.39, 0.29) is 117 Å². The van der Waals surface area contributed by atoms with E-state index in [1.54, 1.807) is 0 Å². The topological polar surface area (TPSA) is 290 Å². The van der Waals surface area contributed by atoms with Crippen LogP contribution in [0.4, 0.5) is 0 Å². The molecule has 2 spiro atoms. The molecule has 6 aliphatic heterocycles. The monoisotopic (exact) mass is 1300 g/mol. The van der Waals surface area contributed by atoms with E-state index in [0.29, 0.717) is 89.4 Å². The van der Waals surface area contributed by atoms with Crippen LogP contribution in [-0.2, 0) is 92.4 Å². The minimum absolute atomic E-state index is 0.106. The smallest absolute Gasteiger partial charge is 0.323 e. The summed E-state index contributed by atoms with van der Waals surface area (Å²) in [4.78, 5) is 120. The van der Waals surface area contributed by atoms with Crippen LogP contribution in [0.3, 0.4) is 0 Å². The summed E-state index contributed by atoms with van der Waals surface area (Å²) in [6.07, 6.45) is 6.42. The van der Waals surface area contributed by atoms with Gasteiger partial charge in [-0.25, -0.2) is 0 Å². The lowest BCUT2D eigenvalue weighted by Gasteiger charge is -2.53. The van der Waals surface area contributed by atoms with Gasteiger partial charge in [-0.2, -0.15) is 0 Å². The molecule has 6 aliphatic rings. The van der Waals surface area contributed by atoms with Crippen molar-refractivity contribution in [2.24, 2.45) is 11.8 Å². The summed E-state index contributed by atoms with van der Waals surface area (Å²) < 4.78 is 37.3. The standard InChI is InChI=1S/C15H19NO4.C12H19N3O2.C12H21NO4.C8H12Br2O4.C8H13NO4.C2H6/c1-19-14(17)12-8-9-13(15(18)20-2)16(12)10-11-6-4-3-5-7-11;1-8(2)5-15-11(6-13-9(11)16)3-4-12(15)7-14-10(12)17;1-8(2)7-13-9(11(14)16-3)5-6-10(13)12(15)17-4;1-13-7(11)5(9)3-4-6(10)8(12)14-2;1-12-7(10)5-3-4-6(9-5)8(11)13-2;1-2/h3-7,12-13H,8-10H2,1-2H3;8H,3-7H2,1-2H3,(H,13,16)(H,14,17);8-10H,5-7H2,1-4H3;5-6H,3-4H2,1-2H3;5-6,9H,3-4H2,1-2H3;1-2H3. The number of carbonyl (C=O) groups excluding carboxylic acids is 10. The molecular weight excluding hydrogens is 1220 g/mol. The average Bonchev–Trinajstić information content (AvgIpc) is 4.50. The number of amides is 2. The number of esters is 8. The van der Waals surface area contributed by atoms with Gasteiger partial charge in [0.2, 0.25) is 11.8 Å². The van der Waals surface area contributed by atoms with Crippen molar-refractivity contribution in [1.29, 1.82) is 0 Å². The van der Waals surface area contributed by atoms with E-state index in [9.17, 15) is 47.9 Å². The molecule has 24 nitrogen and oxygen atoms in total. The van der Waals surface area contributed by atoms with E-state index in [4.69, 9.17) is 18.9 Å². The molecule has 0 bridgehead atoms. The van der Waals surface area contributed by atoms with Crippen LogP contribution in [0.1, 0.15) is 111 Å². The Morgan fingerprint density at radius 3 is 1.12 bits per heavy atom. The van der Waals surface area contributed by atoms with Crippen LogP contribution in [0.15, 0.2) is 30.3 Å². The number of β-lactam (4-membered cyclic amide) rings is 2. The Bertz CT molecular complexity index is 2180. The summed E-state index contributed by atoms with van der Waals surface area (Å²) in [6, 6.07) is 7.62. The predicted octanol–water partition coefficient (Wildman–Crippen LogP) is 3.78. The summed E-state index contributed by atoms with van der Waals surface area (Å²) >= 11 is 6.31. The molecule has 6 saturated heterocycles. The first-order valence-corrected chi connectivity index (χ1v) is 29.8. The third-order valence-corrected chi connectivity index (χ3v) is 16.5. The lowest BCUT2D eigenvalue weighted by molar-refractivity contribution is -0.156. The second kappa shape index (κ2) is 36.5. The number of methoxy groups -OCH3 is 8. The quantitative estimate of drug-likeness (QED) is 0.0865. The molecule has 470 valence electrons. The molecule has 0 saturated carbocycles. The molecular formula is C57H90Br2N6O18. The second-order valence-corrected chi connectivity index (χ2v) is 23.2. The molecule has 0 aromatic heterocycles. The number of nitrogens with zero attached hydrogens (tertiary/aromatic N) is 3. The number of hydrogen-bond donors (Lipinski definition) is 3. The maximum absolute atomic E-state index is 11.9. The Morgan fingerprint density at radius 2 is 0.843 bits per heavy atom. The van der Waals surface area contributed by atoms with Crippen molar-refractivity contribution in [2.45, 2.75) is 169 Å². The number of nitrogens with one attached hydrogen (secondary N) is 3. The summed E-state index contributed by atoms with van der Waals surface area (Å²) in [5.41, 5.74) is 0.279. The van der Waals surface area contributed by atoms with Crippen LogP contribution >= 0.6 is 31.9 Å². The zero-order valence-corrected chi connectivity index (χ0v) is 53.9. The van der Waals surface area contributed by atoms with Gasteiger partial charge in [0.15, 0.2) is 0 Å². The van der Waals surface area contributed by atoms with Gasteiger partial charge in [-0.3, -0.25) is 68.0 Å². The summed E-state index contributed by atoms with van der Waals surface area (Å²) in [6.45, 7) is 15.8. The Hall–Kier alpha value is -5.28. The van der Waals surface area contributed by atoms with Crippen molar-refractivity contribution in [3.8, 4) is 0 Å². The van der Waals surface area contributed by atoms with E-state index >= 15 is 0 Å². The van der Waals surface area contributed by atoms with Gasteiger partial charge in [0, 0.05) is 32.7 Å². The number of rotatable bonds is 17. The summed E-state index contributed by atoms with van der Waals surface area (Å²) in [7, 11) is 10.8. The fraction of sp³-hybridized carbons (Fsp3) is 0.719. The molecule has 83 heavy (non-hydrogen) atoms. The first kappa shape index (κ1) is 73.8. The Morgan fingerprint density at radius 1 is 0.506 bits per heavy atom. The lowest BCUT2D eigenvalue weighted by Crippen LogP contribution is -2.79. The van der Waals surface area contributed by atoms with Gasteiger partial charge in [-0.05, 0) is 81.6 Å². The van der Waals surface area contributed by atoms with Gasteiger partial charge < -0.3 is 48.5 Å². The van der Waals surface area contributed by atoms with Crippen LogP contribution in [-0.4, -0.2) is 214 Å². The molecule has 2 amide bonds. The third-order valence-electron chi connectivity index (χ3n) is 14.9. The first-order chi connectivity index (χ1) is 39.4. The molecule has 6 heterocycles. The SMILES string of the molecule is CC.CC(C)CN1C2(CCC13CNC3=O)CNC2=O.COC(=O)C(Br)CCC(Br)C(=O)OC.COC(=O)C1CCC(C(=O)OC)N1.COC(=O)C1CCC(C(=O)OC)N1CC(C)C.COC(=O)C1CCC(C(=O)OC)N1Cc1ccccc1. The third kappa shape index (κ3) is 20.2. The van der Waals surface area contributed by atoms with E-state index in [1.165, 1.54) is 56.9 Å². The molecule has 1 aromatic rings. The number of carbonyl (C=O) groups is 10. The maximum atomic E-state index is 11.9. The van der Waals surface area contributed by atoms with Crippen molar-refractivity contribution in [1.82, 2.24) is 30.7 Å². The summed E-state index contributed by atoms with van der Waals surface area (Å²) in [5.74, 6) is -1.41. The van der Waals surface area contributed by atoms with Crippen LogP contribution in [0, 0.1) is 11.8 Å². The highest BCUT2D eigenvalue weighted by Crippen LogP contribution is 2.47. The molecule has 10 atom stereocenters. The van der Waals surface area contributed by atoms with Crippen molar-refractivity contribution in [3.63, 3.8) is 0 Å². The fourth-order valence-corrected chi connectivity index (χ4v) is 11.4. The summed E-state index contributed by atoms with van der Waals surface area (Å²) in [5, 5.41) is 8.51. The van der Waals surface area contributed by atoms with Crippen LogP contribution < -0.4 is 16.0 Å². The largest absolute Gasteiger partial charge is 0.468 e. The van der Waals surface area contributed by atoms with Gasteiger partial charge in [0.05, 0.1) is 56.9 Å². The lowest BCUT2D eigenvalue weighted by atomic mass is 9.87. The highest BCUT2D eigenvalue weighted by atomic mass is 79.9. The highest BCUT2D eigenvalue weighted by Gasteiger charge is 2.67. The zero-order chi connectivity index (χ0) is 62.8. The van der Waals surface area contributed by atoms with Crippen molar-refractivity contribution in [2.75, 3.05) is 83.1 Å². The number of ether oxygens (including phenoxy) is 8. The molecule has 6 fully saturated rings. The molecule has 0 radical (unpaired) electrons. The highest BCUT2D eigenvalue weighted by molar-refractivity contribution is 9.10. The second-order valence-electron chi connectivity index (χ2n) is 20.9. The molecule has 0 aliphatic carbocycles. The minimum Gasteiger partial charge on any atom is -0.468 e. The average molecular weight is 1310 g/mol. The van der Waals surface area contributed by atoms with E-state index in [2.05, 4.69) is 99.4 Å². The molecule has 3 N–H and O–H groups in total. The van der Waals surface area contributed by atoms with E-state index < -0.39 is 0 Å². The van der Waals surface area contributed by atoms with Gasteiger partial charge in [0.25, 0.3) is 0 Å². The van der Waals surface area contributed by atoms with Gasteiger partial charge in [0.1, 0.15) is 57.0 Å². The van der Waals surface area contributed by atoms with Crippen molar-refractivity contribution in [3.05, 3.63) is 35.9 Å². The maximum Gasteiger partial charge on any atom is 0.323 e. The molecule has 1 aromatic carbocycles. The predicted molar refractivity (Wildman–Crippen MR) is 311 cm³/mol. The van der Waals surface area contributed by atoms with Crippen LogP contribution in [0.2, 0.25) is 0 Å². The van der Waals surface area contributed by atoms with E-state index in [1.807, 2.05) is 54.0 Å². The van der Waals surface area contributed by atoms with Gasteiger partial charge in [-0.1, -0.05) is 104 Å². The fourth-order valence-electron chi connectivity index (χ4n) is 10.5. The van der Waals surface area contributed by atoms with Crippen molar-refractivity contribution < 1.29 is 85.8 Å². The van der Waals surface area contributed by atoms with Crippen LogP contribution in [0.25, 0.3) is 0 Å². The Labute approximate surface area is 505 Å². The Kier molecular flexibility index (Phi) is 32.5. The molecule has 26 heteroatoms. The van der Waals surface area contributed by atoms with E-state index in [0.717, 1.165) is 24.9 Å². The van der Waals surface area contributed by atoms with Crippen molar-refractivity contribution >= 4 is 91.4 Å². The number of alkyl halides is 2. The molecule has 7 rings (SSSR count). The number of hydrogen-bond acceptors (Lipinski definition) is 22. The van der Waals surface area contributed by atoms with Crippen LogP contribution in [0.5, 0.6) is 0 Å². The zero-order valence-electron chi connectivity index (χ0n) is 50.7. The Balaban J connectivity index is 0.000000354.